The lowest BCUT2D eigenvalue weighted by Crippen LogP contribution is -2.54. The maximum absolute atomic E-state index is 12.7. The zero-order valence-electron chi connectivity index (χ0n) is 13.7. The van der Waals surface area contributed by atoms with E-state index in [2.05, 4.69) is 21.2 Å². The third kappa shape index (κ3) is 3.65. The van der Waals surface area contributed by atoms with Gasteiger partial charge in [-0.25, -0.2) is 0 Å². The lowest BCUT2D eigenvalue weighted by Gasteiger charge is -2.38. The Balaban J connectivity index is 1.88. The van der Waals surface area contributed by atoms with E-state index >= 15 is 0 Å². The summed E-state index contributed by atoms with van der Waals surface area (Å²) in [5.74, 6) is -0.101. The summed E-state index contributed by atoms with van der Waals surface area (Å²) < 4.78 is 6.51. The number of anilines is 2. The second kappa shape index (κ2) is 6.69. The molecule has 2 aromatic carbocycles. The number of ether oxygens (including phenoxy) is 1. The third-order valence-electron chi connectivity index (χ3n) is 3.79. The van der Waals surface area contributed by atoms with Crippen LogP contribution >= 0.6 is 27.5 Å². The zero-order chi connectivity index (χ0) is 18.2. The standard InChI is InChI=1S/C18H16BrClN2O3/c1-18(2)17(24)22(14-9-11(20)7-8-15(14)25-18)10-16(23)21-13-6-4-3-5-12(13)19/h3-9H,10H2,1-2H3,(H,21,23). The van der Waals surface area contributed by atoms with Crippen LogP contribution in [0.3, 0.4) is 0 Å². The van der Waals surface area contributed by atoms with E-state index in [0.717, 1.165) is 4.47 Å². The number of benzene rings is 2. The van der Waals surface area contributed by atoms with E-state index in [0.29, 0.717) is 22.1 Å². The van der Waals surface area contributed by atoms with Crippen molar-refractivity contribution in [1.29, 1.82) is 0 Å². The van der Waals surface area contributed by atoms with Gasteiger partial charge in [-0.3, -0.25) is 14.5 Å². The molecule has 0 spiro atoms. The van der Waals surface area contributed by atoms with Crippen LogP contribution in [0, 0.1) is 0 Å². The smallest absolute Gasteiger partial charge is 0.271 e. The number of halogens is 2. The highest BCUT2D eigenvalue weighted by molar-refractivity contribution is 9.10. The van der Waals surface area contributed by atoms with Crippen molar-refractivity contribution < 1.29 is 14.3 Å². The normalized spacial score (nSPS) is 15.4. The van der Waals surface area contributed by atoms with E-state index in [-0.39, 0.29) is 18.4 Å². The van der Waals surface area contributed by atoms with E-state index in [1.807, 2.05) is 18.2 Å². The fourth-order valence-corrected chi connectivity index (χ4v) is 3.14. The van der Waals surface area contributed by atoms with Crippen LogP contribution in [0.5, 0.6) is 5.75 Å². The first-order chi connectivity index (χ1) is 11.8. The Bertz CT molecular complexity index is 854. The molecule has 7 heteroatoms. The number of hydrogen-bond acceptors (Lipinski definition) is 3. The summed E-state index contributed by atoms with van der Waals surface area (Å²) in [7, 11) is 0. The molecule has 2 aromatic rings. The van der Waals surface area contributed by atoms with E-state index in [1.54, 1.807) is 38.1 Å². The molecule has 5 nitrogen and oxygen atoms in total. The molecule has 0 aliphatic carbocycles. The van der Waals surface area contributed by atoms with Crippen LogP contribution in [0.1, 0.15) is 13.8 Å². The Morgan fingerprint density at radius 2 is 2.00 bits per heavy atom. The lowest BCUT2D eigenvalue weighted by atomic mass is 10.0. The minimum absolute atomic E-state index is 0.139. The van der Waals surface area contributed by atoms with Gasteiger partial charge in [-0.05, 0) is 60.1 Å². The molecular weight excluding hydrogens is 408 g/mol. The van der Waals surface area contributed by atoms with E-state index < -0.39 is 5.60 Å². The van der Waals surface area contributed by atoms with Crippen molar-refractivity contribution in [3.63, 3.8) is 0 Å². The number of carbonyl (C=O) groups excluding carboxylic acids is 2. The molecule has 2 amide bonds. The minimum Gasteiger partial charge on any atom is -0.476 e. The van der Waals surface area contributed by atoms with Gasteiger partial charge < -0.3 is 10.1 Å². The number of hydrogen-bond donors (Lipinski definition) is 1. The monoisotopic (exact) mass is 422 g/mol. The fraction of sp³-hybridized carbons (Fsp3) is 0.222. The number of rotatable bonds is 3. The van der Waals surface area contributed by atoms with Crippen LogP contribution in [0.25, 0.3) is 0 Å². The minimum atomic E-state index is -1.06. The molecule has 1 heterocycles. The number of para-hydroxylation sites is 1. The fourth-order valence-electron chi connectivity index (χ4n) is 2.59. The predicted molar refractivity (Wildman–Crippen MR) is 101 cm³/mol. The highest BCUT2D eigenvalue weighted by Crippen LogP contribution is 2.39. The summed E-state index contributed by atoms with van der Waals surface area (Å²) in [6.45, 7) is 3.21. The summed E-state index contributed by atoms with van der Waals surface area (Å²) >= 11 is 9.43. The number of carbonyl (C=O) groups is 2. The molecule has 0 aromatic heterocycles. The molecule has 0 saturated heterocycles. The maximum atomic E-state index is 12.7. The van der Waals surface area contributed by atoms with E-state index in [1.165, 1.54) is 4.90 Å². The summed E-state index contributed by atoms with van der Waals surface area (Å²) in [5, 5.41) is 3.26. The Morgan fingerprint density at radius 3 is 2.72 bits per heavy atom. The molecule has 1 aliphatic heterocycles. The molecule has 25 heavy (non-hydrogen) atoms. The summed E-state index contributed by atoms with van der Waals surface area (Å²) in [6, 6.07) is 12.3. The second-order valence-electron chi connectivity index (χ2n) is 6.14. The molecule has 0 fully saturated rings. The van der Waals surface area contributed by atoms with Gasteiger partial charge in [0.2, 0.25) is 5.91 Å². The van der Waals surface area contributed by atoms with Crippen molar-refractivity contribution in [2.45, 2.75) is 19.4 Å². The number of nitrogens with one attached hydrogen (secondary N) is 1. The molecular formula is C18H16BrClN2O3. The van der Waals surface area contributed by atoms with Gasteiger partial charge in [-0.2, -0.15) is 0 Å². The van der Waals surface area contributed by atoms with Crippen molar-refractivity contribution in [2.75, 3.05) is 16.8 Å². The quantitative estimate of drug-likeness (QED) is 0.803. The van der Waals surface area contributed by atoms with Crippen molar-refractivity contribution in [3.05, 3.63) is 52.0 Å². The Kier molecular flexibility index (Phi) is 4.75. The average Bonchev–Trinajstić information content (AvgIpc) is 2.55. The predicted octanol–water partition coefficient (Wildman–Crippen LogP) is 4.25. The molecule has 0 atom stereocenters. The molecule has 130 valence electrons. The summed E-state index contributed by atoms with van der Waals surface area (Å²) in [6.07, 6.45) is 0. The van der Waals surface area contributed by atoms with Gasteiger partial charge in [-0.15, -0.1) is 0 Å². The van der Waals surface area contributed by atoms with Crippen molar-refractivity contribution in [1.82, 2.24) is 0 Å². The number of amides is 2. The SMILES string of the molecule is CC1(C)Oc2ccc(Cl)cc2N(CC(=O)Nc2ccccc2Br)C1=O. The Morgan fingerprint density at radius 1 is 1.28 bits per heavy atom. The van der Waals surface area contributed by atoms with Gasteiger partial charge in [0.1, 0.15) is 12.3 Å². The van der Waals surface area contributed by atoms with Gasteiger partial charge in [-0.1, -0.05) is 23.7 Å². The van der Waals surface area contributed by atoms with Gasteiger partial charge in [0.05, 0.1) is 11.4 Å². The van der Waals surface area contributed by atoms with Gasteiger partial charge in [0, 0.05) is 9.50 Å². The maximum Gasteiger partial charge on any atom is 0.271 e. The van der Waals surface area contributed by atoms with Gasteiger partial charge in [0.25, 0.3) is 5.91 Å². The number of fused-ring (bicyclic) bond motifs is 1. The van der Waals surface area contributed by atoms with Crippen molar-refractivity contribution >= 4 is 50.7 Å². The largest absolute Gasteiger partial charge is 0.476 e. The highest BCUT2D eigenvalue weighted by Gasteiger charge is 2.41. The first-order valence-corrected chi connectivity index (χ1v) is 8.80. The van der Waals surface area contributed by atoms with Crippen LogP contribution in [0.2, 0.25) is 5.02 Å². The van der Waals surface area contributed by atoms with Crippen LogP contribution in [0.15, 0.2) is 46.9 Å². The van der Waals surface area contributed by atoms with E-state index in [9.17, 15) is 9.59 Å². The van der Waals surface area contributed by atoms with Crippen molar-refractivity contribution in [3.8, 4) is 5.75 Å². The zero-order valence-corrected chi connectivity index (χ0v) is 16.0. The topological polar surface area (TPSA) is 58.6 Å². The van der Waals surface area contributed by atoms with Gasteiger partial charge >= 0.3 is 0 Å². The summed E-state index contributed by atoms with van der Waals surface area (Å²) in [5.41, 5.74) is 0.0620. The van der Waals surface area contributed by atoms with Crippen LogP contribution in [-0.4, -0.2) is 24.0 Å². The van der Waals surface area contributed by atoms with E-state index in [4.69, 9.17) is 16.3 Å². The first kappa shape index (κ1) is 17.8. The first-order valence-electron chi connectivity index (χ1n) is 7.63. The van der Waals surface area contributed by atoms with Crippen LogP contribution in [0.4, 0.5) is 11.4 Å². The Labute approximate surface area is 159 Å². The Hall–Kier alpha value is -2.05. The molecule has 1 N–H and O–H groups in total. The molecule has 0 bridgehead atoms. The highest BCUT2D eigenvalue weighted by atomic mass is 79.9. The van der Waals surface area contributed by atoms with Crippen LogP contribution in [-0.2, 0) is 9.59 Å². The second-order valence-corrected chi connectivity index (χ2v) is 7.43. The van der Waals surface area contributed by atoms with Crippen molar-refractivity contribution in [2.24, 2.45) is 0 Å². The third-order valence-corrected chi connectivity index (χ3v) is 4.71. The van der Waals surface area contributed by atoms with Gasteiger partial charge in [0.15, 0.2) is 5.60 Å². The van der Waals surface area contributed by atoms with Crippen LogP contribution < -0.4 is 15.0 Å². The molecule has 0 saturated carbocycles. The molecule has 3 rings (SSSR count). The molecule has 0 radical (unpaired) electrons. The molecule has 0 unspecified atom stereocenters. The average molecular weight is 424 g/mol. The molecule has 1 aliphatic rings. The lowest BCUT2D eigenvalue weighted by molar-refractivity contribution is -0.133. The number of nitrogens with zero attached hydrogens (tertiary/aromatic N) is 1. The summed E-state index contributed by atoms with van der Waals surface area (Å²) in [4.78, 5) is 26.6.